The van der Waals surface area contributed by atoms with E-state index in [4.69, 9.17) is 5.73 Å². The van der Waals surface area contributed by atoms with Gasteiger partial charge in [-0.2, -0.15) is 17.0 Å². The lowest BCUT2D eigenvalue weighted by Crippen LogP contribution is -2.54. The molecule has 7 nitrogen and oxygen atoms in total. The van der Waals surface area contributed by atoms with Gasteiger partial charge < -0.3 is 11.1 Å². The zero-order chi connectivity index (χ0) is 14.6. The van der Waals surface area contributed by atoms with E-state index in [0.717, 1.165) is 13.1 Å². The average Bonchev–Trinajstić information content (AvgIpc) is 2.35. The highest BCUT2D eigenvalue weighted by atomic mass is 32.2. The summed E-state index contributed by atoms with van der Waals surface area (Å²) in [5.41, 5.74) is 5.19. The third-order valence-electron chi connectivity index (χ3n) is 3.42. The van der Waals surface area contributed by atoms with Gasteiger partial charge in [-0.3, -0.25) is 4.79 Å². The van der Waals surface area contributed by atoms with Crippen LogP contribution in [0.25, 0.3) is 0 Å². The van der Waals surface area contributed by atoms with Crippen molar-refractivity contribution in [1.82, 2.24) is 13.9 Å². The molecule has 1 heterocycles. The van der Waals surface area contributed by atoms with Gasteiger partial charge in [0.1, 0.15) is 0 Å². The first kappa shape index (κ1) is 16.4. The molecule has 1 aliphatic heterocycles. The zero-order valence-corrected chi connectivity index (χ0v) is 12.6. The van der Waals surface area contributed by atoms with Crippen LogP contribution in [0.15, 0.2) is 0 Å². The number of nitrogens with zero attached hydrogens (tertiary/aromatic N) is 2. The highest BCUT2D eigenvalue weighted by Crippen LogP contribution is 2.19. The fourth-order valence-electron chi connectivity index (χ4n) is 2.08. The van der Waals surface area contributed by atoms with Crippen LogP contribution >= 0.6 is 0 Å². The van der Waals surface area contributed by atoms with E-state index in [1.54, 1.807) is 13.8 Å². The first-order valence-electron chi connectivity index (χ1n) is 6.50. The van der Waals surface area contributed by atoms with E-state index >= 15 is 0 Å². The molecule has 0 aromatic heterocycles. The molecule has 0 atom stereocenters. The maximum Gasteiger partial charge on any atom is 0.282 e. The molecule has 19 heavy (non-hydrogen) atoms. The molecule has 0 aliphatic carbocycles. The first-order chi connectivity index (χ1) is 8.76. The number of piperidine rings is 1. The molecule has 8 heteroatoms. The van der Waals surface area contributed by atoms with Crippen LogP contribution in [0.4, 0.5) is 0 Å². The molecule has 0 spiro atoms. The second kappa shape index (κ2) is 6.65. The average molecular weight is 292 g/mol. The van der Waals surface area contributed by atoms with E-state index in [0.29, 0.717) is 12.8 Å². The summed E-state index contributed by atoms with van der Waals surface area (Å²) in [7, 11) is -2.13. The number of hydrogen-bond donors (Lipinski definition) is 2. The van der Waals surface area contributed by atoms with Gasteiger partial charge in [-0.25, -0.2) is 0 Å². The molecule has 0 unspecified atom stereocenters. The minimum absolute atomic E-state index is 0.165. The van der Waals surface area contributed by atoms with Crippen molar-refractivity contribution in [2.24, 2.45) is 5.73 Å². The molecule has 0 saturated carbocycles. The second-order valence-corrected chi connectivity index (χ2v) is 7.05. The quantitative estimate of drug-likeness (QED) is 0.664. The topological polar surface area (TPSA) is 95.7 Å². The number of nitrogens with two attached hydrogens (primary N) is 1. The lowest BCUT2D eigenvalue weighted by molar-refractivity contribution is -0.118. The predicted molar refractivity (Wildman–Crippen MR) is 73.6 cm³/mol. The minimum Gasteiger partial charge on any atom is -0.369 e. The molecular weight excluding hydrogens is 268 g/mol. The van der Waals surface area contributed by atoms with Gasteiger partial charge in [0.15, 0.2) is 0 Å². The molecule has 1 aliphatic rings. The van der Waals surface area contributed by atoms with E-state index in [1.807, 2.05) is 0 Å². The summed E-state index contributed by atoms with van der Waals surface area (Å²) in [6.45, 7) is 4.83. The molecule has 0 aromatic carbocycles. The van der Waals surface area contributed by atoms with Crippen molar-refractivity contribution < 1.29 is 13.2 Å². The van der Waals surface area contributed by atoms with E-state index < -0.39 is 16.1 Å². The third kappa shape index (κ3) is 4.13. The van der Waals surface area contributed by atoms with Gasteiger partial charge in [0.05, 0.1) is 6.54 Å². The Morgan fingerprint density at radius 1 is 1.37 bits per heavy atom. The molecule has 1 fully saturated rings. The first-order valence-corrected chi connectivity index (χ1v) is 7.90. The largest absolute Gasteiger partial charge is 0.369 e. The van der Waals surface area contributed by atoms with Gasteiger partial charge in [0.25, 0.3) is 10.2 Å². The van der Waals surface area contributed by atoms with Crippen molar-refractivity contribution in [3.63, 3.8) is 0 Å². The molecule has 1 rings (SSSR count). The van der Waals surface area contributed by atoms with Gasteiger partial charge in [-0.05, 0) is 39.8 Å². The molecule has 3 N–H and O–H groups in total. The van der Waals surface area contributed by atoms with E-state index in [9.17, 15) is 13.2 Å². The molecule has 1 saturated heterocycles. The summed E-state index contributed by atoms with van der Waals surface area (Å²) in [6.07, 6.45) is 1.39. The summed E-state index contributed by atoms with van der Waals surface area (Å²) in [6, 6.07) is -0.331. The highest BCUT2D eigenvalue weighted by molar-refractivity contribution is 7.86. The van der Waals surface area contributed by atoms with Crippen molar-refractivity contribution in [3.05, 3.63) is 0 Å². The highest BCUT2D eigenvalue weighted by Gasteiger charge is 2.35. The fraction of sp³-hybridized carbons (Fsp3) is 0.909. The normalized spacial score (nSPS) is 18.4. The summed E-state index contributed by atoms with van der Waals surface area (Å²) in [5, 5.41) is 3.18. The molecule has 0 aromatic rings. The maximum atomic E-state index is 12.5. The van der Waals surface area contributed by atoms with Gasteiger partial charge >= 0.3 is 0 Å². The third-order valence-corrected chi connectivity index (χ3v) is 5.58. The van der Waals surface area contributed by atoms with Crippen molar-refractivity contribution in [2.45, 2.75) is 38.8 Å². The van der Waals surface area contributed by atoms with Crippen LogP contribution in [0, 0.1) is 0 Å². The summed E-state index contributed by atoms with van der Waals surface area (Å²) in [4.78, 5) is 11.2. The number of rotatable bonds is 6. The predicted octanol–water partition coefficient (Wildman–Crippen LogP) is -0.889. The summed E-state index contributed by atoms with van der Waals surface area (Å²) in [5.74, 6) is -0.626. The molecule has 0 radical (unpaired) electrons. The molecule has 0 bridgehead atoms. The van der Waals surface area contributed by atoms with Crippen LogP contribution in [-0.2, 0) is 15.0 Å². The number of carbonyl (C=O) groups excluding carboxylic acids is 1. The van der Waals surface area contributed by atoms with E-state index in [2.05, 4.69) is 5.32 Å². The van der Waals surface area contributed by atoms with Gasteiger partial charge in [0, 0.05) is 19.1 Å². The van der Waals surface area contributed by atoms with Crippen LogP contribution in [0.1, 0.15) is 26.7 Å². The number of nitrogens with one attached hydrogen (secondary N) is 1. The standard InChI is InChI=1S/C11H24N4O3S/c1-9(2)14(3)19(17,18)15(8-11(12)16)10-4-6-13-7-5-10/h9-10,13H,4-8H2,1-3H3,(H2,12,16). The Balaban J connectivity index is 2.98. The van der Waals surface area contributed by atoms with Crippen molar-refractivity contribution in [1.29, 1.82) is 0 Å². The zero-order valence-electron chi connectivity index (χ0n) is 11.8. The Morgan fingerprint density at radius 3 is 2.32 bits per heavy atom. The number of amides is 1. The fourth-order valence-corrected chi connectivity index (χ4v) is 3.82. The van der Waals surface area contributed by atoms with E-state index in [1.165, 1.54) is 15.7 Å². The molecule has 112 valence electrons. The van der Waals surface area contributed by atoms with Crippen LogP contribution in [-0.4, -0.2) is 61.7 Å². The van der Waals surface area contributed by atoms with Gasteiger partial charge in [-0.15, -0.1) is 0 Å². The Kier molecular flexibility index (Phi) is 5.72. The van der Waals surface area contributed by atoms with Crippen LogP contribution < -0.4 is 11.1 Å². The molecule has 1 amide bonds. The second-order valence-electron chi connectivity index (χ2n) is 5.11. The van der Waals surface area contributed by atoms with Crippen molar-refractivity contribution in [2.75, 3.05) is 26.7 Å². The number of primary amides is 1. The van der Waals surface area contributed by atoms with Crippen LogP contribution in [0.5, 0.6) is 0 Å². The Labute approximate surface area is 115 Å². The monoisotopic (exact) mass is 292 g/mol. The Morgan fingerprint density at radius 2 is 1.89 bits per heavy atom. The maximum absolute atomic E-state index is 12.5. The lowest BCUT2D eigenvalue weighted by atomic mass is 10.1. The Hall–Kier alpha value is -0.700. The minimum atomic E-state index is -3.66. The number of carbonyl (C=O) groups is 1. The Bertz CT molecular complexity index is 404. The van der Waals surface area contributed by atoms with Crippen LogP contribution in [0.3, 0.4) is 0 Å². The SMILES string of the molecule is CC(C)N(C)S(=O)(=O)N(CC(N)=O)C1CCNCC1. The summed E-state index contributed by atoms with van der Waals surface area (Å²) >= 11 is 0. The van der Waals surface area contributed by atoms with Crippen molar-refractivity contribution in [3.8, 4) is 0 Å². The smallest absolute Gasteiger partial charge is 0.282 e. The molecular formula is C11H24N4O3S. The van der Waals surface area contributed by atoms with Crippen molar-refractivity contribution >= 4 is 16.1 Å². The van der Waals surface area contributed by atoms with Gasteiger partial charge in [0.2, 0.25) is 5.91 Å². The van der Waals surface area contributed by atoms with Crippen LogP contribution in [0.2, 0.25) is 0 Å². The number of hydrogen-bond acceptors (Lipinski definition) is 4. The lowest BCUT2D eigenvalue weighted by Gasteiger charge is -2.36. The summed E-state index contributed by atoms with van der Waals surface area (Å²) < 4.78 is 27.6. The van der Waals surface area contributed by atoms with E-state index in [-0.39, 0.29) is 18.6 Å². The van der Waals surface area contributed by atoms with Gasteiger partial charge in [-0.1, -0.05) is 0 Å².